The zero-order valence-corrected chi connectivity index (χ0v) is 10.4. The standard InChI is InChI=1S/C13H18FNS/c1-15-13(12-8-4-5-9-16-12)10-6-2-3-7-11(10)14/h2-3,6-7,12-13,15H,4-5,8-9H2,1H3. The minimum absolute atomic E-state index is 0.0898. The van der Waals surface area contributed by atoms with Crippen LogP contribution in [-0.4, -0.2) is 18.1 Å². The zero-order chi connectivity index (χ0) is 11.4. The molecule has 1 fully saturated rings. The first-order chi connectivity index (χ1) is 7.83. The number of benzene rings is 1. The predicted octanol–water partition coefficient (Wildman–Crippen LogP) is 3.37. The van der Waals surface area contributed by atoms with Crippen LogP contribution in [0.5, 0.6) is 0 Å². The second-order valence-corrected chi connectivity index (χ2v) is 5.54. The summed E-state index contributed by atoms with van der Waals surface area (Å²) in [5, 5.41) is 3.78. The fraction of sp³-hybridized carbons (Fsp3) is 0.538. The quantitative estimate of drug-likeness (QED) is 0.868. The molecule has 0 spiro atoms. The lowest BCUT2D eigenvalue weighted by molar-refractivity contribution is 0.489. The third-order valence-electron chi connectivity index (χ3n) is 3.14. The topological polar surface area (TPSA) is 12.0 Å². The van der Waals surface area contributed by atoms with Crippen molar-refractivity contribution in [3.8, 4) is 0 Å². The van der Waals surface area contributed by atoms with Crippen molar-refractivity contribution < 1.29 is 4.39 Å². The molecule has 1 aliphatic rings. The molecule has 1 aliphatic heterocycles. The molecule has 2 atom stereocenters. The van der Waals surface area contributed by atoms with Gasteiger partial charge in [-0.3, -0.25) is 0 Å². The molecule has 1 N–H and O–H groups in total. The van der Waals surface area contributed by atoms with Gasteiger partial charge >= 0.3 is 0 Å². The third kappa shape index (κ3) is 2.58. The van der Waals surface area contributed by atoms with Crippen molar-refractivity contribution in [1.29, 1.82) is 0 Å². The third-order valence-corrected chi connectivity index (χ3v) is 4.60. The van der Waals surface area contributed by atoms with Gasteiger partial charge in [0.2, 0.25) is 0 Å². The minimum Gasteiger partial charge on any atom is -0.312 e. The van der Waals surface area contributed by atoms with Gasteiger partial charge in [-0.05, 0) is 31.7 Å². The molecule has 2 rings (SSSR count). The minimum atomic E-state index is -0.0898. The number of hydrogen-bond acceptors (Lipinski definition) is 2. The van der Waals surface area contributed by atoms with E-state index in [1.54, 1.807) is 12.1 Å². The lowest BCUT2D eigenvalue weighted by Crippen LogP contribution is -2.30. The average Bonchev–Trinajstić information content (AvgIpc) is 2.34. The van der Waals surface area contributed by atoms with E-state index >= 15 is 0 Å². The van der Waals surface area contributed by atoms with Crippen molar-refractivity contribution in [2.24, 2.45) is 0 Å². The van der Waals surface area contributed by atoms with Crippen LogP contribution in [0.2, 0.25) is 0 Å². The summed E-state index contributed by atoms with van der Waals surface area (Å²) in [7, 11) is 1.92. The first-order valence-corrected chi connectivity index (χ1v) is 6.91. The van der Waals surface area contributed by atoms with Crippen molar-refractivity contribution in [1.82, 2.24) is 5.32 Å². The smallest absolute Gasteiger partial charge is 0.128 e. The van der Waals surface area contributed by atoms with E-state index in [4.69, 9.17) is 0 Å². The van der Waals surface area contributed by atoms with Crippen molar-refractivity contribution in [3.63, 3.8) is 0 Å². The molecule has 88 valence electrons. The van der Waals surface area contributed by atoms with Gasteiger partial charge in [0.15, 0.2) is 0 Å². The molecule has 0 bridgehead atoms. The van der Waals surface area contributed by atoms with Crippen molar-refractivity contribution >= 4 is 11.8 Å². The maximum atomic E-state index is 13.7. The number of rotatable bonds is 3. The summed E-state index contributed by atoms with van der Waals surface area (Å²) in [5.74, 6) is 1.12. The summed E-state index contributed by atoms with van der Waals surface area (Å²) in [5.41, 5.74) is 0.810. The van der Waals surface area contributed by atoms with E-state index in [0.717, 1.165) is 5.56 Å². The van der Waals surface area contributed by atoms with E-state index in [1.807, 2.05) is 30.9 Å². The van der Waals surface area contributed by atoms with E-state index in [0.29, 0.717) is 5.25 Å². The second-order valence-electron chi connectivity index (χ2n) is 4.19. The fourth-order valence-corrected chi connectivity index (χ4v) is 3.78. The lowest BCUT2D eigenvalue weighted by Gasteiger charge is -2.30. The van der Waals surface area contributed by atoms with Gasteiger partial charge < -0.3 is 5.32 Å². The summed E-state index contributed by atoms with van der Waals surface area (Å²) in [6, 6.07) is 7.25. The summed E-state index contributed by atoms with van der Waals surface area (Å²) in [6.45, 7) is 0. The molecule has 1 aromatic rings. The molecular formula is C13H18FNS. The molecule has 0 aliphatic carbocycles. The molecule has 0 amide bonds. The Bertz CT molecular complexity index is 336. The van der Waals surface area contributed by atoms with Crippen molar-refractivity contribution in [3.05, 3.63) is 35.6 Å². The molecule has 0 radical (unpaired) electrons. The second kappa shape index (κ2) is 5.69. The van der Waals surface area contributed by atoms with Gasteiger partial charge in [0, 0.05) is 16.9 Å². The summed E-state index contributed by atoms with van der Waals surface area (Å²) in [4.78, 5) is 0. The fourth-order valence-electron chi connectivity index (χ4n) is 2.30. The average molecular weight is 239 g/mol. The normalized spacial score (nSPS) is 23.0. The Kier molecular flexibility index (Phi) is 4.24. The Morgan fingerprint density at radius 2 is 2.19 bits per heavy atom. The van der Waals surface area contributed by atoms with E-state index in [1.165, 1.54) is 25.0 Å². The molecule has 0 saturated carbocycles. The first-order valence-electron chi connectivity index (χ1n) is 5.86. The zero-order valence-electron chi connectivity index (χ0n) is 9.58. The van der Waals surface area contributed by atoms with E-state index in [2.05, 4.69) is 5.32 Å². The Morgan fingerprint density at radius 3 is 2.81 bits per heavy atom. The Balaban J connectivity index is 2.18. The summed E-state index contributed by atoms with van der Waals surface area (Å²) in [6.07, 6.45) is 3.75. The molecule has 1 saturated heterocycles. The summed E-state index contributed by atoms with van der Waals surface area (Å²) < 4.78 is 13.7. The van der Waals surface area contributed by atoms with Gasteiger partial charge in [-0.2, -0.15) is 11.8 Å². The predicted molar refractivity (Wildman–Crippen MR) is 68.3 cm³/mol. The van der Waals surface area contributed by atoms with Crippen LogP contribution in [0.1, 0.15) is 30.9 Å². The molecule has 1 aromatic carbocycles. The van der Waals surface area contributed by atoms with Crippen LogP contribution in [0.3, 0.4) is 0 Å². The van der Waals surface area contributed by atoms with Crippen molar-refractivity contribution in [2.45, 2.75) is 30.6 Å². The number of thioether (sulfide) groups is 1. The Labute approximate surface area is 101 Å². The molecule has 1 nitrogen and oxygen atoms in total. The van der Waals surface area contributed by atoms with Crippen LogP contribution in [0.15, 0.2) is 24.3 Å². The van der Waals surface area contributed by atoms with Crippen LogP contribution in [-0.2, 0) is 0 Å². The van der Waals surface area contributed by atoms with Gasteiger partial charge in [-0.1, -0.05) is 24.6 Å². The molecular weight excluding hydrogens is 221 g/mol. The highest BCUT2D eigenvalue weighted by atomic mass is 32.2. The molecule has 1 heterocycles. The molecule has 0 aromatic heterocycles. The molecule has 3 heteroatoms. The van der Waals surface area contributed by atoms with Gasteiger partial charge in [0.05, 0.1) is 0 Å². The van der Waals surface area contributed by atoms with Crippen LogP contribution in [0.4, 0.5) is 4.39 Å². The largest absolute Gasteiger partial charge is 0.312 e. The van der Waals surface area contributed by atoms with Crippen LogP contribution in [0.25, 0.3) is 0 Å². The van der Waals surface area contributed by atoms with Gasteiger partial charge in [-0.25, -0.2) is 4.39 Å². The van der Waals surface area contributed by atoms with Crippen LogP contribution < -0.4 is 5.32 Å². The SMILES string of the molecule is CNC(c1ccccc1F)C1CCCCS1. The Morgan fingerprint density at radius 1 is 1.38 bits per heavy atom. The van der Waals surface area contributed by atoms with E-state index < -0.39 is 0 Å². The van der Waals surface area contributed by atoms with Gasteiger partial charge in [0.1, 0.15) is 5.82 Å². The van der Waals surface area contributed by atoms with Gasteiger partial charge in [-0.15, -0.1) is 0 Å². The monoisotopic (exact) mass is 239 g/mol. The summed E-state index contributed by atoms with van der Waals surface area (Å²) >= 11 is 1.97. The Hall–Kier alpha value is -0.540. The number of halogens is 1. The molecule has 2 unspecified atom stereocenters. The number of nitrogens with one attached hydrogen (secondary N) is 1. The molecule has 16 heavy (non-hydrogen) atoms. The highest BCUT2D eigenvalue weighted by Gasteiger charge is 2.25. The highest BCUT2D eigenvalue weighted by Crippen LogP contribution is 2.35. The van der Waals surface area contributed by atoms with E-state index in [9.17, 15) is 4.39 Å². The lowest BCUT2D eigenvalue weighted by atomic mass is 9.99. The maximum Gasteiger partial charge on any atom is 0.128 e. The van der Waals surface area contributed by atoms with Crippen LogP contribution in [0, 0.1) is 5.82 Å². The van der Waals surface area contributed by atoms with Crippen LogP contribution >= 0.6 is 11.8 Å². The maximum absolute atomic E-state index is 13.7. The highest BCUT2D eigenvalue weighted by molar-refractivity contribution is 8.00. The van der Waals surface area contributed by atoms with Gasteiger partial charge in [0.25, 0.3) is 0 Å². The first kappa shape index (κ1) is 11.9. The number of hydrogen-bond donors (Lipinski definition) is 1. The van der Waals surface area contributed by atoms with Crippen molar-refractivity contribution in [2.75, 3.05) is 12.8 Å². The van der Waals surface area contributed by atoms with E-state index in [-0.39, 0.29) is 11.9 Å².